The second-order valence-corrected chi connectivity index (χ2v) is 8.27. The fourth-order valence-electron chi connectivity index (χ4n) is 4.49. The topological polar surface area (TPSA) is 86.6 Å². The Kier molecular flexibility index (Phi) is 5.08. The Hall–Kier alpha value is -4.43. The molecule has 0 atom stereocenters. The van der Waals surface area contributed by atoms with E-state index in [0.717, 1.165) is 63.3 Å². The second kappa shape index (κ2) is 8.41. The predicted molar refractivity (Wildman–Crippen MR) is 138 cm³/mol. The molecule has 0 unspecified atom stereocenters. The minimum atomic E-state index is 0.643. The fourth-order valence-corrected chi connectivity index (χ4v) is 4.49. The van der Waals surface area contributed by atoms with Crippen molar-refractivity contribution in [3.63, 3.8) is 0 Å². The number of hydrogen-bond donors (Lipinski definition) is 2. The predicted octanol–water partition coefficient (Wildman–Crippen LogP) is 4.53. The van der Waals surface area contributed by atoms with Gasteiger partial charge in [-0.2, -0.15) is 0 Å². The quantitative estimate of drug-likeness (QED) is 0.688. The molecule has 1 aromatic rings. The van der Waals surface area contributed by atoms with Crippen molar-refractivity contribution in [3.05, 3.63) is 106 Å². The van der Waals surface area contributed by atoms with E-state index in [4.69, 9.17) is 24.6 Å². The summed E-state index contributed by atoms with van der Waals surface area (Å²) in [6.45, 7) is 2.06. The summed E-state index contributed by atoms with van der Waals surface area (Å²) in [6.07, 6.45) is 18.7. The molecule has 8 bridgehead atoms. The summed E-state index contributed by atoms with van der Waals surface area (Å²) in [5, 5.41) is 5.13. The third-order valence-electron chi connectivity index (χ3n) is 6.05. The van der Waals surface area contributed by atoms with Crippen LogP contribution < -0.4 is 5.32 Å². The molecular weight excluding hydrogens is 440 g/mol. The van der Waals surface area contributed by atoms with E-state index in [-0.39, 0.29) is 0 Å². The van der Waals surface area contributed by atoms with Gasteiger partial charge in [-0.1, -0.05) is 6.92 Å². The van der Waals surface area contributed by atoms with Gasteiger partial charge in [-0.15, -0.1) is 0 Å². The van der Waals surface area contributed by atoms with Crippen molar-refractivity contribution in [1.29, 1.82) is 0 Å². The lowest BCUT2D eigenvalue weighted by molar-refractivity contribution is -0.0690. The maximum absolute atomic E-state index is 5.77. The third-order valence-corrected chi connectivity index (χ3v) is 6.05. The van der Waals surface area contributed by atoms with Crippen LogP contribution in [0.15, 0.2) is 110 Å². The van der Waals surface area contributed by atoms with Gasteiger partial charge in [-0.05, 0) is 73.2 Å². The van der Waals surface area contributed by atoms with Crippen molar-refractivity contribution >= 4 is 29.3 Å². The average Bonchev–Trinajstić information content (AvgIpc) is 3.67. The van der Waals surface area contributed by atoms with Gasteiger partial charge in [0.1, 0.15) is 11.5 Å². The van der Waals surface area contributed by atoms with Gasteiger partial charge in [0, 0.05) is 11.4 Å². The largest absolute Gasteiger partial charge is 0.481 e. The van der Waals surface area contributed by atoms with Crippen molar-refractivity contribution in [1.82, 2.24) is 15.4 Å². The van der Waals surface area contributed by atoms with Crippen LogP contribution in [0.4, 0.5) is 0 Å². The molecule has 6 rings (SSSR count). The Morgan fingerprint density at radius 1 is 0.800 bits per heavy atom. The Morgan fingerprint density at radius 3 is 2.06 bits per heavy atom. The molecule has 8 heteroatoms. The molecule has 0 saturated carbocycles. The number of H-pyrrole nitrogens is 1. The molecule has 2 N–H and O–H groups in total. The summed E-state index contributed by atoms with van der Waals surface area (Å²) in [6, 6.07) is 4.07. The molecule has 5 aliphatic heterocycles. The molecule has 0 aromatic carbocycles. The van der Waals surface area contributed by atoms with Crippen molar-refractivity contribution < 1.29 is 9.57 Å². The van der Waals surface area contributed by atoms with Gasteiger partial charge in [0.25, 0.3) is 0 Å². The first-order valence-corrected chi connectivity index (χ1v) is 11.4. The molecular formula is C27H24N6O2. The molecule has 1 aromatic heterocycles. The van der Waals surface area contributed by atoms with E-state index in [0.29, 0.717) is 11.7 Å². The summed E-state index contributed by atoms with van der Waals surface area (Å²) >= 11 is 0. The molecule has 0 radical (unpaired) electrons. The van der Waals surface area contributed by atoms with Gasteiger partial charge >= 0.3 is 0 Å². The first-order chi connectivity index (χ1) is 17.1. The van der Waals surface area contributed by atoms with Gasteiger partial charge in [0.2, 0.25) is 5.88 Å². The fraction of sp³-hybridized carbons (Fsp3) is 0.148. The SMILES string of the molecule is CCC1=C(OC)NC(=C2C3=NC(=CC4=NC(=Cc5ccc([nH]5)C=C5C=CC2=N5)C=C4)C=C3)N1OC. The summed E-state index contributed by atoms with van der Waals surface area (Å²) in [4.78, 5) is 23.7. The van der Waals surface area contributed by atoms with Gasteiger partial charge < -0.3 is 15.0 Å². The highest BCUT2D eigenvalue weighted by molar-refractivity contribution is 6.33. The molecule has 8 nitrogen and oxygen atoms in total. The number of hydroxylamine groups is 2. The summed E-state index contributed by atoms with van der Waals surface area (Å²) in [5.74, 6) is 1.35. The zero-order valence-corrected chi connectivity index (χ0v) is 19.7. The van der Waals surface area contributed by atoms with Crippen LogP contribution in [-0.2, 0) is 9.57 Å². The number of methoxy groups -OCH3 is 1. The lowest BCUT2D eigenvalue weighted by Crippen LogP contribution is -2.27. The van der Waals surface area contributed by atoms with Crippen LogP contribution in [0.5, 0.6) is 0 Å². The van der Waals surface area contributed by atoms with Crippen molar-refractivity contribution in [3.8, 4) is 0 Å². The summed E-state index contributed by atoms with van der Waals surface area (Å²) in [7, 11) is 3.28. The Balaban J connectivity index is 1.55. The van der Waals surface area contributed by atoms with E-state index in [1.807, 2.05) is 66.8 Å². The maximum atomic E-state index is 5.77. The molecule has 5 aliphatic rings. The van der Waals surface area contributed by atoms with E-state index in [1.165, 1.54) is 0 Å². The van der Waals surface area contributed by atoms with E-state index >= 15 is 0 Å². The number of fused-ring (bicyclic) bond motifs is 5. The normalized spacial score (nSPS) is 22.2. The van der Waals surface area contributed by atoms with Crippen molar-refractivity contribution in [2.75, 3.05) is 14.2 Å². The molecule has 0 amide bonds. The summed E-state index contributed by atoms with van der Waals surface area (Å²) in [5.41, 5.74) is 8.58. The van der Waals surface area contributed by atoms with Crippen LogP contribution >= 0.6 is 0 Å². The monoisotopic (exact) mass is 464 g/mol. The lowest BCUT2D eigenvalue weighted by atomic mass is 10.0. The number of nitrogens with zero attached hydrogens (tertiary/aromatic N) is 4. The minimum absolute atomic E-state index is 0.643. The highest BCUT2D eigenvalue weighted by Gasteiger charge is 2.33. The zero-order valence-electron chi connectivity index (χ0n) is 19.7. The minimum Gasteiger partial charge on any atom is -0.481 e. The van der Waals surface area contributed by atoms with Crippen LogP contribution in [-0.4, -0.2) is 41.4 Å². The number of hydrogen-bond acceptors (Lipinski definition) is 7. The van der Waals surface area contributed by atoms with E-state index in [9.17, 15) is 0 Å². The molecule has 0 saturated heterocycles. The molecule has 0 spiro atoms. The van der Waals surface area contributed by atoms with Gasteiger partial charge in [0.05, 0.1) is 54.0 Å². The van der Waals surface area contributed by atoms with E-state index < -0.39 is 0 Å². The Morgan fingerprint density at radius 2 is 1.43 bits per heavy atom. The zero-order chi connectivity index (χ0) is 23.9. The van der Waals surface area contributed by atoms with Crippen molar-refractivity contribution in [2.24, 2.45) is 15.0 Å². The van der Waals surface area contributed by atoms with Crippen LogP contribution in [0.1, 0.15) is 24.7 Å². The molecule has 0 fully saturated rings. The Bertz CT molecular complexity index is 1470. The number of aromatic nitrogens is 1. The molecule has 0 aliphatic carbocycles. The second-order valence-electron chi connectivity index (χ2n) is 8.27. The highest BCUT2D eigenvalue weighted by atomic mass is 16.7. The molecule has 174 valence electrons. The highest BCUT2D eigenvalue weighted by Crippen LogP contribution is 2.32. The Labute approximate surface area is 203 Å². The number of aliphatic imine (C=N–C) groups is 3. The smallest absolute Gasteiger partial charge is 0.215 e. The van der Waals surface area contributed by atoms with Crippen LogP contribution in [0.2, 0.25) is 0 Å². The van der Waals surface area contributed by atoms with Crippen molar-refractivity contribution in [2.45, 2.75) is 13.3 Å². The average molecular weight is 465 g/mol. The van der Waals surface area contributed by atoms with Crippen LogP contribution in [0, 0.1) is 0 Å². The van der Waals surface area contributed by atoms with Gasteiger partial charge in [-0.3, -0.25) is 4.84 Å². The third kappa shape index (κ3) is 3.74. The standard InChI is InChI=1S/C27H24N6O2/c1-4-24-27(34-2)32-26(33(24)35-3)25-22-11-9-20(30-22)14-18-7-5-16(28-18)13-17-6-8-19(29-17)15-21-10-12-23(25)31-21/h5-15,28,32H,4H2,1-3H3. The van der Waals surface area contributed by atoms with E-state index in [2.05, 4.69) is 17.2 Å². The molecule has 35 heavy (non-hydrogen) atoms. The number of allylic oxidation sites excluding steroid dienone is 9. The number of aromatic amines is 1. The van der Waals surface area contributed by atoms with Crippen LogP contribution in [0.3, 0.4) is 0 Å². The lowest BCUT2D eigenvalue weighted by Gasteiger charge is -2.21. The summed E-state index contributed by atoms with van der Waals surface area (Å²) < 4.78 is 5.61. The first kappa shape index (κ1) is 21.1. The van der Waals surface area contributed by atoms with E-state index in [1.54, 1.807) is 19.3 Å². The number of ether oxygens (including phenoxy) is 1. The number of nitrogens with one attached hydrogen (secondary N) is 2. The van der Waals surface area contributed by atoms with Crippen LogP contribution in [0.25, 0.3) is 12.2 Å². The first-order valence-electron chi connectivity index (χ1n) is 11.4. The molecule has 6 heterocycles. The van der Waals surface area contributed by atoms with Gasteiger partial charge in [-0.25, -0.2) is 20.0 Å². The number of rotatable bonds is 3. The maximum Gasteiger partial charge on any atom is 0.215 e. The van der Waals surface area contributed by atoms with Gasteiger partial charge in [0.15, 0.2) is 0 Å².